The minimum atomic E-state index is -0.760. The standard InChI is InChI=1S/C15H21FN2O2/c1-2-10-3-5-14(17)12(7-10)8-11-4-6-15(18(19)20)13(16)9-11/h4,6,9-10,12,14H,2-3,5,7-8,17H2,1H3. The molecule has 5 heteroatoms. The molecule has 1 aromatic rings. The summed E-state index contributed by atoms with van der Waals surface area (Å²) in [6.07, 6.45) is 5.10. The first-order valence-corrected chi connectivity index (χ1v) is 7.19. The monoisotopic (exact) mass is 280 g/mol. The highest BCUT2D eigenvalue weighted by Gasteiger charge is 2.27. The SMILES string of the molecule is CCC1CCC(N)C(Cc2ccc([N+](=O)[O-])c(F)c2)C1. The zero-order valence-corrected chi connectivity index (χ0v) is 11.7. The van der Waals surface area contributed by atoms with Gasteiger partial charge in [0.2, 0.25) is 5.82 Å². The number of nitro benzene ring substituents is 1. The van der Waals surface area contributed by atoms with E-state index in [0.29, 0.717) is 18.3 Å². The zero-order valence-electron chi connectivity index (χ0n) is 11.7. The molecule has 1 aliphatic carbocycles. The van der Waals surface area contributed by atoms with Crippen LogP contribution in [0.3, 0.4) is 0 Å². The lowest BCUT2D eigenvalue weighted by Crippen LogP contribution is -2.37. The Hall–Kier alpha value is -1.49. The summed E-state index contributed by atoms with van der Waals surface area (Å²) >= 11 is 0. The second-order valence-corrected chi connectivity index (χ2v) is 5.76. The molecule has 2 rings (SSSR count). The Morgan fingerprint density at radius 1 is 1.45 bits per heavy atom. The maximum Gasteiger partial charge on any atom is 0.304 e. The van der Waals surface area contributed by atoms with Gasteiger partial charge in [0.05, 0.1) is 4.92 Å². The molecule has 110 valence electrons. The Morgan fingerprint density at radius 2 is 2.20 bits per heavy atom. The van der Waals surface area contributed by atoms with Crippen molar-refractivity contribution in [2.24, 2.45) is 17.6 Å². The van der Waals surface area contributed by atoms with Gasteiger partial charge in [-0.05, 0) is 49.1 Å². The van der Waals surface area contributed by atoms with Crippen molar-refractivity contribution >= 4 is 5.69 Å². The Morgan fingerprint density at radius 3 is 2.80 bits per heavy atom. The molecule has 1 saturated carbocycles. The van der Waals surface area contributed by atoms with Crippen LogP contribution in [0.25, 0.3) is 0 Å². The van der Waals surface area contributed by atoms with Crippen molar-refractivity contribution in [3.8, 4) is 0 Å². The summed E-state index contributed by atoms with van der Waals surface area (Å²) in [4.78, 5) is 9.91. The van der Waals surface area contributed by atoms with Gasteiger partial charge in [-0.3, -0.25) is 10.1 Å². The topological polar surface area (TPSA) is 69.2 Å². The molecule has 1 aliphatic rings. The van der Waals surface area contributed by atoms with E-state index >= 15 is 0 Å². The van der Waals surface area contributed by atoms with Gasteiger partial charge in [-0.25, -0.2) is 0 Å². The van der Waals surface area contributed by atoms with E-state index in [9.17, 15) is 14.5 Å². The fourth-order valence-corrected chi connectivity index (χ4v) is 3.12. The molecular formula is C15H21FN2O2. The minimum absolute atomic E-state index is 0.149. The number of nitro groups is 1. The lowest BCUT2D eigenvalue weighted by Gasteiger charge is -2.33. The lowest BCUT2D eigenvalue weighted by molar-refractivity contribution is -0.387. The predicted octanol–water partition coefficient (Wildman–Crippen LogP) is 3.43. The third-order valence-electron chi connectivity index (χ3n) is 4.43. The molecular weight excluding hydrogens is 259 g/mol. The Labute approximate surface area is 118 Å². The molecule has 0 bridgehead atoms. The number of benzene rings is 1. The van der Waals surface area contributed by atoms with Gasteiger partial charge in [-0.2, -0.15) is 4.39 Å². The molecule has 0 heterocycles. The molecule has 1 aromatic carbocycles. The van der Waals surface area contributed by atoms with Crippen LogP contribution in [-0.4, -0.2) is 11.0 Å². The summed E-state index contributed by atoms with van der Waals surface area (Å²) in [5.74, 6) is 0.279. The Kier molecular flexibility index (Phi) is 4.70. The van der Waals surface area contributed by atoms with E-state index in [2.05, 4.69) is 6.92 Å². The number of nitrogens with two attached hydrogens (primary N) is 1. The van der Waals surface area contributed by atoms with Crippen molar-refractivity contribution in [3.63, 3.8) is 0 Å². The van der Waals surface area contributed by atoms with E-state index < -0.39 is 16.4 Å². The second kappa shape index (κ2) is 6.31. The van der Waals surface area contributed by atoms with Crippen LogP contribution >= 0.6 is 0 Å². The molecule has 4 nitrogen and oxygen atoms in total. The van der Waals surface area contributed by atoms with Gasteiger partial charge in [-0.1, -0.05) is 19.4 Å². The van der Waals surface area contributed by atoms with Gasteiger partial charge >= 0.3 is 5.69 Å². The van der Waals surface area contributed by atoms with Crippen molar-refractivity contribution in [1.82, 2.24) is 0 Å². The van der Waals surface area contributed by atoms with Crippen LogP contribution in [0.4, 0.5) is 10.1 Å². The van der Waals surface area contributed by atoms with Crippen LogP contribution in [0.1, 0.15) is 38.2 Å². The van der Waals surface area contributed by atoms with Gasteiger partial charge in [0, 0.05) is 12.1 Å². The first kappa shape index (κ1) is 14.9. The van der Waals surface area contributed by atoms with Gasteiger partial charge in [0.15, 0.2) is 0 Å². The molecule has 1 fully saturated rings. The molecule has 0 amide bonds. The van der Waals surface area contributed by atoms with Crippen molar-refractivity contribution in [2.45, 2.75) is 45.1 Å². The van der Waals surface area contributed by atoms with Gasteiger partial charge in [0.1, 0.15) is 0 Å². The fourth-order valence-electron chi connectivity index (χ4n) is 3.12. The molecule has 2 N–H and O–H groups in total. The second-order valence-electron chi connectivity index (χ2n) is 5.76. The molecule has 3 unspecified atom stereocenters. The van der Waals surface area contributed by atoms with Gasteiger partial charge in [0.25, 0.3) is 0 Å². The Balaban J connectivity index is 2.09. The molecule has 0 aliphatic heterocycles. The van der Waals surface area contributed by atoms with Crippen LogP contribution in [0.2, 0.25) is 0 Å². The lowest BCUT2D eigenvalue weighted by atomic mass is 9.75. The van der Waals surface area contributed by atoms with E-state index in [1.807, 2.05) is 0 Å². The molecule has 20 heavy (non-hydrogen) atoms. The zero-order chi connectivity index (χ0) is 14.7. The summed E-state index contributed by atoms with van der Waals surface area (Å²) in [5.41, 5.74) is 6.49. The van der Waals surface area contributed by atoms with Gasteiger partial charge < -0.3 is 5.73 Å². The third kappa shape index (κ3) is 3.33. The molecule has 0 spiro atoms. The van der Waals surface area contributed by atoms with E-state index in [0.717, 1.165) is 24.8 Å². The first-order chi connectivity index (χ1) is 9.51. The highest BCUT2D eigenvalue weighted by Crippen LogP contribution is 2.33. The third-order valence-corrected chi connectivity index (χ3v) is 4.43. The summed E-state index contributed by atoms with van der Waals surface area (Å²) in [6.45, 7) is 2.18. The van der Waals surface area contributed by atoms with Gasteiger partial charge in [-0.15, -0.1) is 0 Å². The van der Waals surface area contributed by atoms with E-state index in [4.69, 9.17) is 5.73 Å². The van der Waals surface area contributed by atoms with Crippen molar-refractivity contribution in [3.05, 3.63) is 39.7 Å². The normalized spacial score (nSPS) is 26.4. The predicted molar refractivity (Wildman–Crippen MR) is 75.9 cm³/mol. The quantitative estimate of drug-likeness (QED) is 0.678. The van der Waals surface area contributed by atoms with E-state index in [1.165, 1.54) is 18.6 Å². The van der Waals surface area contributed by atoms with Crippen molar-refractivity contribution in [2.75, 3.05) is 0 Å². The Bertz CT molecular complexity index is 493. The number of halogens is 1. The number of rotatable bonds is 4. The summed E-state index contributed by atoms with van der Waals surface area (Å²) < 4.78 is 13.6. The summed E-state index contributed by atoms with van der Waals surface area (Å²) in [7, 11) is 0. The van der Waals surface area contributed by atoms with Crippen LogP contribution in [0.15, 0.2) is 18.2 Å². The first-order valence-electron chi connectivity index (χ1n) is 7.19. The summed E-state index contributed by atoms with van der Waals surface area (Å²) in [6, 6.07) is 4.32. The smallest absolute Gasteiger partial charge is 0.304 e. The van der Waals surface area contributed by atoms with Crippen LogP contribution < -0.4 is 5.73 Å². The van der Waals surface area contributed by atoms with Crippen molar-refractivity contribution in [1.29, 1.82) is 0 Å². The highest BCUT2D eigenvalue weighted by atomic mass is 19.1. The molecule has 0 saturated heterocycles. The van der Waals surface area contributed by atoms with Crippen LogP contribution in [0, 0.1) is 27.8 Å². The van der Waals surface area contributed by atoms with Crippen molar-refractivity contribution < 1.29 is 9.31 Å². The summed E-state index contributed by atoms with van der Waals surface area (Å²) in [5, 5.41) is 10.6. The number of hydrogen-bond acceptors (Lipinski definition) is 3. The minimum Gasteiger partial charge on any atom is -0.327 e. The van der Waals surface area contributed by atoms with Crippen LogP contribution in [-0.2, 0) is 6.42 Å². The fraction of sp³-hybridized carbons (Fsp3) is 0.600. The molecule has 3 atom stereocenters. The largest absolute Gasteiger partial charge is 0.327 e. The maximum atomic E-state index is 13.6. The highest BCUT2D eigenvalue weighted by molar-refractivity contribution is 5.35. The molecule has 0 aromatic heterocycles. The van der Waals surface area contributed by atoms with E-state index in [1.54, 1.807) is 6.07 Å². The number of nitrogens with zero attached hydrogens (tertiary/aromatic N) is 1. The van der Waals surface area contributed by atoms with E-state index in [-0.39, 0.29) is 6.04 Å². The van der Waals surface area contributed by atoms with Crippen LogP contribution in [0.5, 0.6) is 0 Å². The average molecular weight is 280 g/mol. The average Bonchev–Trinajstić information content (AvgIpc) is 2.41. The molecule has 0 radical (unpaired) electrons. The maximum absolute atomic E-state index is 13.6. The number of hydrogen-bond donors (Lipinski definition) is 1.